The summed E-state index contributed by atoms with van der Waals surface area (Å²) in [4.78, 5) is 24.7. The number of alkyl halides is 2. The number of methoxy groups -OCH3 is 1. The van der Waals surface area contributed by atoms with Gasteiger partial charge in [0.25, 0.3) is 0 Å². The predicted octanol–water partition coefficient (Wildman–Crippen LogP) is 3.73. The number of aliphatic hydroxyl groups is 1. The van der Waals surface area contributed by atoms with E-state index in [-0.39, 0.29) is 69.7 Å². The fourth-order valence-corrected chi connectivity index (χ4v) is 14.0. The zero-order valence-electron chi connectivity index (χ0n) is 31.0. The molecule has 49 heavy (non-hydrogen) atoms. The van der Waals surface area contributed by atoms with Crippen LogP contribution in [0.5, 0.6) is 0 Å². The van der Waals surface area contributed by atoms with Crippen molar-refractivity contribution in [1.82, 2.24) is 0 Å². The number of carbonyl (C=O) groups is 2. The van der Waals surface area contributed by atoms with E-state index in [1.54, 1.807) is 7.11 Å². The minimum absolute atomic E-state index is 0. The van der Waals surface area contributed by atoms with Gasteiger partial charge in [0.2, 0.25) is 0 Å². The molecule has 0 aromatic carbocycles. The molecule has 9 rings (SSSR count). The molecule has 0 aromatic heterocycles. The van der Waals surface area contributed by atoms with Gasteiger partial charge in [-0.2, -0.15) is 7.11 Å². The van der Waals surface area contributed by atoms with E-state index in [1.165, 1.54) is 0 Å². The number of ether oxygens (including phenoxy) is 2. The van der Waals surface area contributed by atoms with E-state index < -0.39 is 16.9 Å². The topological polar surface area (TPSA) is 99.2 Å². The summed E-state index contributed by atoms with van der Waals surface area (Å²) in [6, 6.07) is 0. The van der Waals surface area contributed by atoms with Crippen LogP contribution in [0.3, 0.4) is 0 Å². The van der Waals surface area contributed by atoms with Crippen LogP contribution in [0.25, 0.3) is 0 Å². The largest absolute Gasteiger partial charge is 1.00 e. The molecule has 3 unspecified atom stereocenters. The number of fused-ring (bicyclic) bond motifs is 10. The molecule has 8 saturated carbocycles. The third kappa shape index (κ3) is 6.12. The van der Waals surface area contributed by atoms with Gasteiger partial charge in [-0.05, 0) is 150 Å². The summed E-state index contributed by atoms with van der Waals surface area (Å²) in [7, 11) is 2.35. The second-order valence-corrected chi connectivity index (χ2v) is 18.5. The number of Topliss-reactive ketones (excluding diaryl/α,β-unsaturated/α-hetero) is 2. The number of rotatable bonds is 2. The van der Waals surface area contributed by atoms with E-state index in [0.29, 0.717) is 73.9 Å². The van der Waals surface area contributed by atoms with Gasteiger partial charge in [-0.3, -0.25) is 9.59 Å². The minimum Gasteiger partial charge on any atom is -0.857 e. The first kappa shape index (κ1) is 38.8. The Labute approximate surface area is 315 Å². The molecule has 0 bridgehead atoms. The molecular weight excluding hydrogens is 637 g/mol. The maximum absolute atomic E-state index is 16.2. The Morgan fingerprint density at radius 3 is 1.65 bits per heavy atom. The zero-order valence-corrected chi connectivity index (χ0v) is 33.0. The van der Waals surface area contributed by atoms with Crippen molar-refractivity contribution in [3.8, 4) is 0 Å². The van der Waals surface area contributed by atoms with Crippen LogP contribution in [0.15, 0.2) is 0 Å². The predicted molar refractivity (Wildman–Crippen MR) is 176 cm³/mol. The van der Waals surface area contributed by atoms with Gasteiger partial charge in [-0.25, -0.2) is 8.78 Å². The molecule has 1 saturated heterocycles. The molecule has 9 aliphatic rings. The first-order valence-electron chi connectivity index (χ1n) is 19.5. The van der Waals surface area contributed by atoms with Crippen LogP contribution < -0.4 is 34.7 Å². The maximum Gasteiger partial charge on any atom is 1.00 e. The molecule has 6 nitrogen and oxygen atoms in total. The monoisotopic (exact) mass is 698 g/mol. The van der Waals surface area contributed by atoms with Crippen LogP contribution in [0.4, 0.5) is 8.78 Å². The third-order valence-electron chi connectivity index (χ3n) is 16.7. The second-order valence-electron chi connectivity index (χ2n) is 18.5. The number of hydrogen-bond acceptors (Lipinski definition) is 6. The molecule has 1 spiro atoms. The summed E-state index contributed by atoms with van der Waals surface area (Å²) in [5, 5.41) is 19.0. The summed E-state index contributed by atoms with van der Waals surface area (Å²) in [6.45, 7) is 5.48. The average Bonchev–Trinajstić information content (AvgIpc) is 3.66. The van der Waals surface area contributed by atoms with E-state index in [2.05, 4.69) is 13.8 Å². The van der Waals surface area contributed by atoms with Crippen LogP contribution in [-0.2, 0) is 19.1 Å². The SMILES string of the molecule is COC[C@@]1(O)CC[C@]2(F)C3CC[C@]4(C)C(=O)CC[C@H]4[C@@H]3CC[C@@H]2C1.C[C@]12CCC3[C@@H](CC[C@@H]4CC5(CC[C@]34F)CO5)[C@@H]1CCC2=O.C[O-].[Na+]. The molecular formula is C40H61F2NaO6. The van der Waals surface area contributed by atoms with Gasteiger partial charge < -0.3 is 19.7 Å². The van der Waals surface area contributed by atoms with Crippen LogP contribution in [0.2, 0.25) is 0 Å². The van der Waals surface area contributed by atoms with Crippen LogP contribution >= 0.6 is 0 Å². The van der Waals surface area contributed by atoms with Crippen LogP contribution in [-0.4, -0.2) is 66.6 Å². The summed E-state index contributed by atoms with van der Waals surface area (Å²) in [5.74, 6) is 3.02. The average molecular weight is 699 g/mol. The molecule has 0 amide bonds. The molecule has 0 aromatic rings. The van der Waals surface area contributed by atoms with Crippen LogP contribution in [0.1, 0.15) is 129 Å². The molecule has 8 aliphatic carbocycles. The number of ketones is 2. The maximum atomic E-state index is 16.2. The first-order chi connectivity index (χ1) is 22.8. The van der Waals surface area contributed by atoms with Gasteiger partial charge in [0, 0.05) is 30.8 Å². The van der Waals surface area contributed by atoms with Crippen molar-refractivity contribution >= 4 is 11.6 Å². The van der Waals surface area contributed by atoms with Crippen molar-refractivity contribution in [3.63, 3.8) is 0 Å². The van der Waals surface area contributed by atoms with E-state index in [0.717, 1.165) is 97.2 Å². The fraction of sp³-hybridized carbons (Fsp3) is 0.950. The number of halogens is 2. The molecule has 9 heteroatoms. The van der Waals surface area contributed by atoms with Crippen molar-refractivity contribution < 1.29 is 67.6 Å². The molecule has 14 atom stereocenters. The second kappa shape index (κ2) is 13.7. The van der Waals surface area contributed by atoms with Crippen molar-refractivity contribution in [2.75, 3.05) is 27.4 Å². The quantitative estimate of drug-likeness (QED) is 0.349. The number of carbonyl (C=O) groups excluding carboxylic acids is 2. The normalized spacial score (nSPS) is 53.5. The standard InChI is InChI=1S/C20H31FO3.C19H27FO2.CH3O.Na/c1-18-8-7-16-14(15(18)5-6-17(18)22)4-3-13-11-19(23,12-24-2)9-10-20(13,16)21;1-17-7-6-15-13(14(17)4-5-16(17)21)3-2-12-10-18(11-22-18)8-9-19(12,15)20;1-2;/h13-16,23H,3-12H2,1-2H3;12-15H,2-11H2,1H3;1H3;/q;;-1;+1/t13-,14+,15+,16?,18+,19-,20-;12-,13+,14+,15?,17+,18?,19-;;/m11../s1. The Bertz CT molecular complexity index is 1260. The van der Waals surface area contributed by atoms with Gasteiger partial charge >= 0.3 is 29.6 Å². The van der Waals surface area contributed by atoms with Crippen molar-refractivity contribution in [1.29, 1.82) is 0 Å². The Balaban J connectivity index is 0.000000159. The van der Waals surface area contributed by atoms with Crippen molar-refractivity contribution in [2.24, 2.45) is 58.2 Å². The summed E-state index contributed by atoms with van der Waals surface area (Å²) in [6.07, 6.45) is 15.1. The molecule has 272 valence electrons. The van der Waals surface area contributed by atoms with Gasteiger partial charge in [-0.15, -0.1) is 0 Å². The Morgan fingerprint density at radius 1 is 0.714 bits per heavy atom. The molecule has 0 radical (unpaired) electrons. The van der Waals surface area contributed by atoms with Gasteiger partial charge in [0.1, 0.15) is 22.9 Å². The summed E-state index contributed by atoms with van der Waals surface area (Å²) < 4.78 is 43.1. The summed E-state index contributed by atoms with van der Waals surface area (Å²) >= 11 is 0. The Hall–Kier alpha value is 0.0400. The molecule has 1 aliphatic heterocycles. The zero-order chi connectivity index (χ0) is 34.3. The fourth-order valence-electron chi connectivity index (χ4n) is 14.0. The molecule has 1 N–H and O–H groups in total. The van der Waals surface area contributed by atoms with E-state index in [4.69, 9.17) is 14.6 Å². The van der Waals surface area contributed by atoms with Gasteiger partial charge in [0.15, 0.2) is 0 Å². The minimum atomic E-state index is -1.14. The van der Waals surface area contributed by atoms with Gasteiger partial charge in [-0.1, -0.05) is 13.8 Å². The third-order valence-corrected chi connectivity index (χ3v) is 16.7. The van der Waals surface area contributed by atoms with E-state index in [9.17, 15) is 14.7 Å². The molecule has 9 fully saturated rings. The smallest absolute Gasteiger partial charge is 0.857 e. The summed E-state index contributed by atoms with van der Waals surface area (Å²) in [5.41, 5.74) is -3.20. The molecule has 1 heterocycles. The van der Waals surface area contributed by atoms with E-state index in [1.807, 2.05) is 0 Å². The first-order valence-corrected chi connectivity index (χ1v) is 19.5. The Kier molecular flexibility index (Phi) is 10.8. The van der Waals surface area contributed by atoms with Crippen molar-refractivity contribution in [3.05, 3.63) is 0 Å². The Morgan fingerprint density at radius 2 is 1.18 bits per heavy atom. The number of epoxide rings is 1. The van der Waals surface area contributed by atoms with Gasteiger partial charge in [0.05, 0.1) is 24.4 Å². The van der Waals surface area contributed by atoms with E-state index >= 15 is 8.78 Å². The van der Waals surface area contributed by atoms with Crippen molar-refractivity contribution in [2.45, 2.75) is 152 Å². The number of hydrogen-bond donors (Lipinski definition) is 1. The van der Waals surface area contributed by atoms with Crippen LogP contribution in [0, 0.1) is 58.2 Å².